The first-order valence-corrected chi connectivity index (χ1v) is 7.23. The predicted molar refractivity (Wildman–Crippen MR) is 85.4 cm³/mol. The number of aromatic nitrogens is 1. The van der Waals surface area contributed by atoms with Crippen molar-refractivity contribution in [3.05, 3.63) is 65.4 Å². The van der Waals surface area contributed by atoms with Crippen molar-refractivity contribution in [1.29, 1.82) is 0 Å². The topological polar surface area (TPSA) is 62.3 Å². The van der Waals surface area contributed by atoms with E-state index in [0.717, 1.165) is 28.5 Å². The van der Waals surface area contributed by atoms with Crippen molar-refractivity contribution in [2.45, 2.75) is 20.0 Å². The predicted octanol–water partition coefficient (Wildman–Crippen LogP) is 4.01. The molecule has 0 atom stereocenters. The van der Waals surface area contributed by atoms with Crippen LogP contribution in [0, 0.1) is 0 Å². The second-order valence-corrected chi connectivity index (χ2v) is 5.14. The van der Waals surface area contributed by atoms with E-state index < -0.39 is 5.97 Å². The second-order valence-electron chi connectivity index (χ2n) is 5.14. The molecule has 4 nitrogen and oxygen atoms in total. The molecule has 0 aliphatic carbocycles. The van der Waals surface area contributed by atoms with Gasteiger partial charge in [-0.25, -0.2) is 4.79 Å². The van der Waals surface area contributed by atoms with E-state index in [4.69, 9.17) is 4.74 Å². The highest BCUT2D eigenvalue weighted by Crippen LogP contribution is 2.29. The number of aryl methyl sites for hydroxylation is 1. The highest BCUT2D eigenvalue weighted by Gasteiger charge is 2.15. The first-order valence-electron chi connectivity index (χ1n) is 7.23. The molecule has 0 amide bonds. The molecule has 3 rings (SSSR count). The maximum Gasteiger partial charge on any atom is 0.339 e. The minimum absolute atomic E-state index is 0.192. The fourth-order valence-corrected chi connectivity index (χ4v) is 2.52. The summed E-state index contributed by atoms with van der Waals surface area (Å²) in [4.78, 5) is 14.7. The number of benzene rings is 2. The fraction of sp³-hybridized carbons (Fsp3) is 0.167. The molecule has 0 saturated heterocycles. The Balaban J connectivity index is 1.97. The summed E-state index contributed by atoms with van der Waals surface area (Å²) in [6, 6.07) is 13.1. The van der Waals surface area contributed by atoms with Crippen LogP contribution >= 0.6 is 0 Å². The van der Waals surface area contributed by atoms with Gasteiger partial charge in [-0.1, -0.05) is 37.3 Å². The highest BCUT2D eigenvalue weighted by atomic mass is 16.5. The van der Waals surface area contributed by atoms with Crippen molar-refractivity contribution in [3.63, 3.8) is 0 Å². The van der Waals surface area contributed by atoms with E-state index in [1.54, 1.807) is 12.1 Å². The van der Waals surface area contributed by atoms with Gasteiger partial charge in [-0.2, -0.15) is 0 Å². The molecule has 112 valence electrons. The number of nitrogens with one attached hydrogen (secondary N) is 1. The minimum Gasteiger partial charge on any atom is -0.488 e. The summed E-state index contributed by atoms with van der Waals surface area (Å²) in [6.45, 7) is 2.39. The number of fused-ring (bicyclic) bond motifs is 1. The molecule has 0 unspecified atom stereocenters. The van der Waals surface area contributed by atoms with Crippen LogP contribution in [0.4, 0.5) is 0 Å². The van der Waals surface area contributed by atoms with Crippen LogP contribution in [0.3, 0.4) is 0 Å². The third kappa shape index (κ3) is 2.68. The summed E-state index contributed by atoms with van der Waals surface area (Å²) >= 11 is 0. The summed E-state index contributed by atoms with van der Waals surface area (Å²) in [6.07, 6.45) is 2.76. The minimum atomic E-state index is -0.979. The number of carboxylic acid groups (broad SMARTS) is 1. The van der Waals surface area contributed by atoms with E-state index in [1.165, 1.54) is 0 Å². The number of ether oxygens (including phenoxy) is 1. The number of aromatic amines is 1. The summed E-state index contributed by atoms with van der Waals surface area (Å²) in [5.41, 5.74) is 3.19. The maximum atomic E-state index is 11.5. The zero-order chi connectivity index (χ0) is 15.5. The Morgan fingerprint density at radius 2 is 2.00 bits per heavy atom. The number of carboxylic acids is 1. The van der Waals surface area contributed by atoms with Gasteiger partial charge < -0.3 is 14.8 Å². The van der Waals surface area contributed by atoms with Gasteiger partial charge in [-0.3, -0.25) is 0 Å². The lowest BCUT2D eigenvalue weighted by Gasteiger charge is -2.10. The van der Waals surface area contributed by atoms with Crippen LogP contribution in [-0.4, -0.2) is 16.1 Å². The van der Waals surface area contributed by atoms with Gasteiger partial charge in [-0.05, 0) is 23.6 Å². The molecule has 0 spiro atoms. The van der Waals surface area contributed by atoms with Crippen molar-refractivity contribution < 1.29 is 14.6 Å². The Morgan fingerprint density at radius 1 is 1.23 bits per heavy atom. The number of rotatable bonds is 5. The number of hydrogen-bond donors (Lipinski definition) is 2. The van der Waals surface area contributed by atoms with Crippen LogP contribution in [0.15, 0.2) is 48.7 Å². The zero-order valence-electron chi connectivity index (χ0n) is 12.3. The Morgan fingerprint density at radius 3 is 2.68 bits per heavy atom. The Bertz CT molecular complexity index is 806. The molecule has 0 aliphatic heterocycles. The van der Waals surface area contributed by atoms with Crippen molar-refractivity contribution >= 4 is 16.9 Å². The van der Waals surface area contributed by atoms with E-state index >= 15 is 0 Å². The van der Waals surface area contributed by atoms with Gasteiger partial charge in [0.2, 0.25) is 0 Å². The standard InChI is InChI=1S/C18H17NO3/c1-2-13-10-19-16-9-17(15(18(20)21)8-14(13)16)22-11-12-6-4-3-5-7-12/h3-10,19H,2,11H2,1H3,(H,20,21). The first-order chi connectivity index (χ1) is 10.7. The van der Waals surface area contributed by atoms with Gasteiger partial charge in [0.05, 0.1) is 0 Å². The number of hydrogen-bond acceptors (Lipinski definition) is 2. The fourth-order valence-electron chi connectivity index (χ4n) is 2.52. The zero-order valence-corrected chi connectivity index (χ0v) is 12.3. The lowest BCUT2D eigenvalue weighted by atomic mass is 10.1. The van der Waals surface area contributed by atoms with Crippen molar-refractivity contribution in [2.24, 2.45) is 0 Å². The molecular weight excluding hydrogens is 278 g/mol. The van der Waals surface area contributed by atoms with E-state index in [-0.39, 0.29) is 5.56 Å². The number of aromatic carboxylic acids is 1. The van der Waals surface area contributed by atoms with Crippen LogP contribution < -0.4 is 4.74 Å². The van der Waals surface area contributed by atoms with Crippen LogP contribution in [0.5, 0.6) is 5.75 Å². The van der Waals surface area contributed by atoms with Crippen molar-refractivity contribution in [1.82, 2.24) is 4.98 Å². The Labute approximate surface area is 128 Å². The molecule has 0 radical (unpaired) electrons. The molecule has 4 heteroatoms. The lowest BCUT2D eigenvalue weighted by molar-refractivity contribution is 0.0692. The monoisotopic (exact) mass is 295 g/mol. The van der Waals surface area contributed by atoms with Gasteiger partial charge in [0, 0.05) is 23.2 Å². The van der Waals surface area contributed by atoms with Gasteiger partial charge >= 0.3 is 5.97 Å². The van der Waals surface area contributed by atoms with Crippen molar-refractivity contribution in [3.8, 4) is 5.75 Å². The average Bonchev–Trinajstić information content (AvgIpc) is 2.94. The Kier molecular flexibility index (Phi) is 3.83. The average molecular weight is 295 g/mol. The molecular formula is C18H17NO3. The van der Waals surface area contributed by atoms with E-state index in [2.05, 4.69) is 4.98 Å². The van der Waals surface area contributed by atoms with Gasteiger partial charge in [0.25, 0.3) is 0 Å². The molecule has 2 aromatic carbocycles. The summed E-state index contributed by atoms with van der Waals surface area (Å²) in [5.74, 6) is -0.596. The quantitative estimate of drug-likeness (QED) is 0.747. The van der Waals surface area contributed by atoms with E-state index in [9.17, 15) is 9.90 Å². The number of carbonyl (C=O) groups is 1. The summed E-state index contributed by atoms with van der Waals surface area (Å²) in [5, 5.41) is 10.4. The third-order valence-corrected chi connectivity index (χ3v) is 3.72. The second kappa shape index (κ2) is 5.93. The molecule has 1 aromatic heterocycles. The van der Waals surface area contributed by atoms with Crippen LogP contribution in [0.25, 0.3) is 10.9 Å². The SMILES string of the molecule is CCc1c[nH]c2cc(OCc3ccccc3)c(C(=O)O)cc12. The lowest BCUT2D eigenvalue weighted by Crippen LogP contribution is -2.03. The van der Waals surface area contributed by atoms with E-state index in [0.29, 0.717) is 12.4 Å². The molecule has 0 fully saturated rings. The maximum absolute atomic E-state index is 11.5. The molecule has 3 aromatic rings. The van der Waals surface area contributed by atoms with Gasteiger partial charge in [0.1, 0.15) is 17.9 Å². The molecule has 2 N–H and O–H groups in total. The molecule has 0 bridgehead atoms. The third-order valence-electron chi connectivity index (χ3n) is 3.72. The smallest absolute Gasteiger partial charge is 0.339 e. The normalized spacial score (nSPS) is 10.8. The largest absolute Gasteiger partial charge is 0.488 e. The summed E-state index contributed by atoms with van der Waals surface area (Å²) < 4.78 is 5.73. The Hall–Kier alpha value is -2.75. The van der Waals surface area contributed by atoms with Crippen LogP contribution in [0.1, 0.15) is 28.4 Å². The van der Waals surface area contributed by atoms with Gasteiger partial charge in [-0.15, -0.1) is 0 Å². The first kappa shape index (κ1) is 14.2. The molecule has 1 heterocycles. The van der Waals surface area contributed by atoms with Crippen LogP contribution in [-0.2, 0) is 13.0 Å². The number of H-pyrrole nitrogens is 1. The van der Waals surface area contributed by atoms with Crippen LogP contribution in [0.2, 0.25) is 0 Å². The summed E-state index contributed by atoms with van der Waals surface area (Å²) in [7, 11) is 0. The molecule has 0 saturated carbocycles. The highest BCUT2D eigenvalue weighted by molar-refractivity contribution is 5.98. The van der Waals surface area contributed by atoms with Gasteiger partial charge in [0.15, 0.2) is 0 Å². The molecule has 22 heavy (non-hydrogen) atoms. The van der Waals surface area contributed by atoms with E-state index in [1.807, 2.05) is 43.5 Å². The molecule has 0 aliphatic rings. The van der Waals surface area contributed by atoms with Crippen molar-refractivity contribution in [2.75, 3.05) is 0 Å².